The first-order chi connectivity index (χ1) is 8.53. The molecule has 3 heteroatoms. The predicted octanol–water partition coefficient (Wildman–Crippen LogP) is 3.38. The van der Waals surface area contributed by atoms with Crippen LogP contribution < -0.4 is 0 Å². The van der Waals surface area contributed by atoms with Gasteiger partial charge in [-0.2, -0.15) is 0 Å². The first-order valence-electron chi connectivity index (χ1n) is 7.28. The number of esters is 1. The second kappa shape index (κ2) is 5.60. The molecule has 0 spiro atoms. The summed E-state index contributed by atoms with van der Waals surface area (Å²) in [5.74, 6) is 2.38. The van der Waals surface area contributed by atoms with Gasteiger partial charge in [-0.3, -0.25) is 4.79 Å². The van der Waals surface area contributed by atoms with Gasteiger partial charge in [-0.15, -0.1) is 0 Å². The van der Waals surface area contributed by atoms with Gasteiger partial charge in [-0.25, -0.2) is 0 Å². The van der Waals surface area contributed by atoms with Crippen molar-refractivity contribution < 1.29 is 14.3 Å². The van der Waals surface area contributed by atoms with E-state index in [1.807, 2.05) is 20.8 Å². The van der Waals surface area contributed by atoms with Gasteiger partial charge in [0.2, 0.25) is 0 Å². The fraction of sp³-hybridized carbons (Fsp3) is 0.933. The molecule has 3 atom stereocenters. The van der Waals surface area contributed by atoms with Gasteiger partial charge in [-0.1, -0.05) is 13.3 Å². The number of carbonyl (C=O) groups is 1. The van der Waals surface area contributed by atoms with Crippen molar-refractivity contribution in [3.63, 3.8) is 0 Å². The van der Waals surface area contributed by atoms with Crippen LogP contribution >= 0.6 is 0 Å². The summed E-state index contributed by atoms with van der Waals surface area (Å²) in [4.78, 5) is 11.7. The van der Waals surface area contributed by atoms with Gasteiger partial charge < -0.3 is 9.47 Å². The van der Waals surface area contributed by atoms with Crippen LogP contribution in [-0.2, 0) is 14.3 Å². The van der Waals surface area contributed by atoms with Gasteiger partial charge >= 0.3 is 5.97 Å². The van der Waals surface area contributed by atoms with Gasteiger partial charge in [0.1, 0.15) is 0 Å². The van der Waals surface area contributed by atoms with E-state index >= 15 is 0 Å². The van der Waals surface area contributed by atoms with Crippen molar-refractivity contribution in [2.45, 2.75) is 52.9 Å². The molecular formula is C15H26O3. The highest BCUT2D eigenvalue weighted by molar-refractivity contribution is 5.75. The molecule has 2 saturated carbocycles. The van der Waals surface area contributed by atoms with Crippen molar-refractivity contribution in [2.24, 2.45) is 23.2 Å². The molecule has 104 valence electrons. The lowest BCUT2D eigenvalue weighted by atomic mass is 9.90. The van der Waals surface area contributed by atoms with Gasteiger partial charge in [-0.05, 0) is 57.3 Å². The maximum absolute atomic E-state index is 11.7. The maximum atomic E-state index is 11.7. The van der Waals surface area contributed by atoms with Crippen molar-refractivity contribution in [1.82, 2.24) is 0 Å². The second-order valence-corrected chi connectivity index (χ2v) is 6.59. The molecule has 0 aromatic rings. The highest BCUT2D eigenvalue weighted by Crippen LogP contribution is 2.48. The Morgan fingerprint density at radius 2 is 2.06 bits per heavy atom. The molecular weight excluding hydrogens is 228 g/mol. The highest BCUT2D eigenvalue weighted by Gasteiger charge is 2.39. The number of rotatable bonds is 6. The van der Waals surface area contributed by atoms with Crippen molar-refractivity contribution in [2.75, 3.05) is 13.4 Å². The van der Waals surface area contributed by atoms with Crippen LogP contribution in [-0.4, -0.2) is 19.4 Å². The Labute approximate surface area is 110 Å². The molecule has 3 nitrogen and oxygen atoms in total. The molecule has 2 bridgehead atoms. The zero-order valence-electron chi connectivity index (χ0n) is 11.9. The summed E-state index contributed by atoms with van der Waals surface area (Å²) in [5.41, 5.74) is -0.393. The average molecular weight is 254 g/mol. The zero-order chi connectivity index (χ0) is 13.2. The quantitative estimate of drug-likeness (QED) is 0.414. The fourth-order valence-corrected chi connectivity index (χ4v) is 3.21. The number of hydrogen-bond donors (Lipinski definition) is 0. The van der Waals surface area contributed by atoms with Crippen molar-refractivity contribution in [3.8, 4) is 0 Å². The Hall–Kier alpha value is -0.570. The molecule has 0 aliphatic heterocycles. The largest absolute Gasteiger partial charge is 0.438 e. The monoisotopic (exact) mass is 254 g/mol. The van der Waals surface area contributed by atoms with Crippen LogP contribution in [0.25, 0.3) is 0 Å². The Morgan fingerprint density at radius 1 is 1.28 bits per heavy atom. The molecule has 2 aliphatic rings. The average Bonchev–Trinajstić information content (AvgIpc) is 2.96. The number of carbonyl (C=O) groups excluding carboxylic acids is 1. The first-order valence-corrected chi connectivity index (χ1v) is 7.28. The zero-order valence-corrected chi connectivity index (χ0v) is 11.9. The smallest absolute Gasteiger partial charge is 0.313 e. The van der Waals surface area contributed by atoms with Crippen LogP contribution in [0.4, 0.5) is 0 Å². The molecule has 0 heterocycles. The third-order valence-electron chi connectivity index (χ3n) is 4.93. The highest BCUT2D eigenvalue weighted by atomic mass is 16.7. The van der Waals surface area contributed by atoms with Crippen molar-refractivity contribution in [3.05, 3.63) is 0 Å². The third-order valence-corrected chi connectivity index (χ3v) is 4.93. The molecule has 2 fully saturated rings. The molecule has 0 aromatic heterocycles. The Kier molecular flexibility index (Phi) is 4.31. The fourth-order valence-electron chi connectivity index (χ4n) is 3.21. The van der Waals surface area contributed by atoms with Crippen LogP contribution in [0, 0.1) is 23.2 Å². The van der Waals surface area contributed by atoms with Crippen LogP contribution in [0.3, 0.4) is 0 Å². The minimum absolute atomic E-state index is 0.121. The number of hydrogen-bond acceptors (Lipinski definition) is 3. The first kappa shape index (κ1) is 13.9. The lowest BCUT2D eigenvalue weighted by Gasteiger charge is -2.23. The Bertz CT molecular complexity index is 298. The normalized spacial score (nSPS) is 30.7. The van der Waals surface area contributed by atoms with E-state index in [4.69, 9.17) is 9.47 Å². The minimum Gasteiger partial charge on any atom is -0.438 e. The molecule has 0 saturated heterocycles. The Morgan fingerprint density at radius 3 is 2.61 bits per heavy atom. The van der Waals surface area contributed by atoms with Gasteiger partial charge in [0, 0.05) is 0 Å². The molecule has 0 radical (unpaired) electrons. The summed E-state index contributed by atoms with van der Waals surface area (Å²) in [6.07, 6.45) is 6.30. The van der Waals surface area contributed by atoms with Crippen molar-refractivity contribution in [1.29, 1.82) is 0 Å². The van der Waals surface area contributed by atoms with Gasteiger partial charge in [0.15, 0.2) is 6.79 Å². The number of ether oxygens (including phenoxy) is 2. The molecule has 2 aliphatic carbocycles. The van der Waals surface area contributed by atoms with Crippen LogP contribution in [0.5, 0.6) is 0 Å². The van der Waals surface area contributed by atoms with E-state index in [0.717, 1.165) is 24.9 Å². The van der Waals surface area contributed by atoms with Gasteiger partial charge in [0.05, 0.1) is 12.0 Å². The van der Waals surface area contributed by atoms with E-state index in [1.165, 1.54) is 25.7 Å². The van der Waals surface area contributed by atoms with E-state index < -0.39 is 5.41 Å². The third kappa shape index (κ3) is 3.05. The molecule has 0 amide bonds. The summed E-state index contributed by atoms with van der Waals surface area (Å²) < 4.78 is 10.7. The van der Waals surface area contributed by atoms with E-state index in [-0.39, 0.29) is 12.8 Å². The lowest BCUT2D eigenvalue weighted by Crippen LogP contribution is -2.27. The van der Waals surface area contributed by atoms with Crippen molar-refractivity contribution >= 4 is 5.97 Å². The number of fused-ring (bicyclic) bond motifs is 2. The van der Waals surface area contributed by atoms with E-state index in [0.29, 0.717) is 5.92 Å². The topological polar surface area (TPSA) is 35.5 Å². The molecule has 3 unspecified atom stereocenters. The van der Waals surface area contributed by atoms with Gasteiger partial charge in [0.25, 0.3) is 0 Å². The summed E-state index contributed by atoms with van der Waals surface area (Å²) >= 11 is 0. The molecule has 2 rings (SSSR count). The molecule has 18 heavy (non-hydrogen) atoms. The van der Waals surface area contributed by atoms with E-state index in [9.17, 15) is 4.79 Å². The van der Waals surface area contributed by atoms with Crippen LogP contribution in [0.1, 0.15) is 52.9 Å². The molecule has 0 aromatic carbocycles. The standard InChI is InChI=1S/C15H26O3/c1-4-15(2,3)14(16)18-10-17-9-13-8-11-5-6-12(13)7-11/h11-13H,4-10H2,1-3H3. The Balaban J connectivity index is 1.60. The van der Waals surface area contributed by atoms with E-state index in [1.54, 1.807) is 0 Å². The summed E-state index contributed by atoms with van der Waals surface area (Å²) in [6, 6.07) is 0. The minimum atomic E-state index is -0.393. The SMILES string of the molecule is CCC(C)(C)C(=O)OCOCC1CC2CCC1C2. The van der Waals surface area contributed by atoms with Crippen LogP contribution in [0.2, 0.25) is 0 Å². The summed E-state index contributed by atoms with van der Waals surface area (Å²) in [6.45, 7) is 6.70. The maximum Gasteiger partial charge on any atom is 0.313 e. The summed E-state index contributed by atoms with van der Waals surface area (Å²) in [5, 5.41) is 0. The van der Waals surface area contributed by atoms with Crippen LogP contribution in [0.15, 0.2) is 0 Å². The second-order valence-electron chi connectivity index (χ2n) is 6.59. The predicted molar refractivity (Wildman–Crippen MR) is 69.9 cm³/mol. The van der Waals surface area contributed by atoms with E-state index in [2.05, 4.69) is 0 Å². The molecule has 0 N–H and O–H groups in total. The lowest BCUT2D eigenvalue weighted by molar-refractivity contribution is -0.168. The summed E-state index contributed by atoms with van der Waals surface area (Å²) in [7, 11) is 0.